The summed E-state index contributed by atoms with van der Waals surface area (Å²) in [7, 11) is 1.68. The lowest BCUT2D eigenvalue weighted by Gasteiger charge is -2.10. The summed E-state index contributed by atoms with van der Waals surface area (Å²) in [6, 6.07) is 0. The fraction of sp³-hybridized carbons (Fsp3) is 0.615. The summed E-state index contributed by atoms with van der Waals surface area (Å²) in [5.74, 6) is 0.385. The Kier molecular flexibility index (Phi) is 4.08. The van der Waals surface area contributed by atoms with Crippen LogP contribution >= 0.6 is 0 Å². The Morgan fingerprint density at radius 2 is 1.70 bits per heavy atom. The van der Waals surface area contributed by atoms with Gasteiger partial charge in [-0.1, -0.05) is 13.8 Å². The Morgan fingerprint density at radius 1 is 1.10 bits per heavy atom. The van der Waals surface area contributed by atoms with Crippen LogP contribution in [0.3, 0.4) is 0 Å². The monoisotopic (exact) mass is 280 g/mol. The molecule has 7 nitrogen and oxygen atoms in total. The molecule has 2 rings (SSSR count). The molecule has 0 aliphatic rings. The molecule has 0 aromatic carbocycles. The largest absolute Gasteiger partial charge is 0.388 e. The maximum Gasteiger partial charge on any atom is 0.332 e. The first-order chi connectivity index (χ1) is 9.56. The fourth-order valence-corrected chi connectivity index (χ4v) is 2.39. The molecule has 0 radical (unpaired) electrons. The van der Waals surface area contributed by atoms with Crippen LogP contribution in [0.1, 0.15) is 32.5 Å². The van der Waals surface area contributed by atoms with Crippen molar-refractivity contribution in [2.24, 2.45) is 7.05 Å². The lowest BCUT2D eigenvalue weighted by Crippen LogP contribution is -2.40. The van der Waals surface area contributed by atoms with Crippen molar-refractivity contribution in [3.63, 3.8) is 0 Å². The quantitative estimate of drug-likeness (QED) is 0.848. The summed E-state index contributed by atoms with van der Waals surface area (Å²) in [5.41, 5.74) is 0.0685. The average Bonchev–Trinajstić information content (AvgIpc) is 2.76. The zero-order valence-corrected chi connectivity index (χ0v) is 12.1. The van der Waals surface area contributed by atoms with E-state index in [2.05, 4.69) is 4.98 Å². The Balaban J connectivity index is 2.93. The van der Waals surface area contributed by atoms with Gasteiger partial charge in [0.05, 0.1) is 0 Å². The highest BCUT2D eigenvalue weighted by molar-refractivity contribution is 5.71. The SMILES string of the molecule is CCCn1c(=O)c2c(nc(CO)n2C)n(CCC)c1=O. The van der Waals surface area contributed by atoms with E-state index in [1.807, 2.05) is 13.8 Å². The van der Waals surface area contributed by atoms with E-state index < -0.39 is 0 Å². The Bertz CT molecular complexity index is 739. The first-order valence-corrected chi connectivity index (χ1v) is 6.86. The lowest BCUT2D eigenvalue weighted by atomic mass is 10.4. The van der Waals surface area contributed by atoms with Crippen molar-refractivity contribution in [3.8, 4) is 0 Å². The molecule has 0 bridgehead atoms. The smallest absolute Gasteiger partial charge is 0.332 e. The van der Waals surface area contributed by atoms with Crippen LogP contribution in [0, 0.1) is 0 Å². The van der Waals surface area contributed by atoms with Crippen LogP contribution in [0.5, 0.6) is 0 Å². The molecule has 110 valence electrons. The first-order valence-electron chi connectivity index (χ1n) is 6.86. The number of nitrogens with zero attached hydrogens (tertiary/aromatic N) is 4. The van der Waals surface area contributed by atoms with Gasteiger partial charge in [0.15, 0.2) is 11.2 Å². The van der Waals surface area contributed by atoms with E-state index in [9.17, 15) is 14.7 Å². The molecule has 0 unspecified atom stereocenters. The molecule has 1 N–H and O–H groups in total. The van der Waals surface area contributed by atoms with Crippen LogP contribution in [0.25, 0.3) is 11.2 Å². The van der Waals surface area contributed by atoms with Gasteiger partial charge in [-0.25, -0.2) is 9.78 Å². The van der Waals surface area contributed by atoms with Crippen molar-refractivity contribution in [3.05, 3.63) is 26.7 Å². The molecule has 0 aliphatic carbocycles. The maximum atomic E-state index is 12.5. The maximum absolute atomic E-state index is 12.5. The van der Waals surface area contributed by atoms with Crippen LogP contribution in [0.2, 0.25) is 0 Å². The van der Waals surface area contributed by atoms with Gasteiger partial charge in [0.25, 0.3) is 5.56 Å². The number of hydrogen-bond acceptors (Lipinski definition) is 4. The third-order valence-corrected chi connectivity index (χ3v) is 3.37. The normalized spacial score (nSPS) is 11.4. The summed E-state index contributed by atoms with van der Waals surface area (Å²) in [6.07, 6.45) is 1.47. The molecule has 2 aromatic rings. The molecule has 20 heavy (non-hydrogen) atoms. The molecule has 0 saturated carbocycles. The van der Waals surface area contributed by atoms with Gasteiger partial charge in [0.2, 0.25) is 0 Å². The molecule has 0 saturated heterocycles. The minimum atomic E-state index is -0.339. The summed E-state index contributed by atoms with van der Waals surface area (Å²) in [6.45, 7) is 4.50. The number of aliphatic hydroxyl groups excluding tert-OH is 1. The van der Waals surface area contributed by atoms with Crippen LogP contribution < -0.4 is 11.2 Å². The van der Waals surface area contributed by atoms with E-state index in [0.717, 1.165) is 6.42 Å². The van der Waals surface area contributed by atoms with Crippen LogP contribution in [0.4, 0.5) is 0 Å². The molecule has 7 heteroatoms. The Hall–Kier alpha value is -1.89. The number of aromatic nitrogens is 4. The van der Waals surface area contributed by atoms with E-state index in [-0.39, 0.29) is 17.9 Å². The topological polar surface area (TPSA) is 82.1 Å². The van der Waals surface area contributed by atoms with Gasteiger partial charge in [0.1, 0.15) is 12.4 Å². The van der Waals surface area contributed by atoms with Crippen LogP contribution in [0.15, 0.2) is 9.59 Å². The van der Waals surface area contributed by atoms with E-state index in [4.69, 9.17) is 0 Å². The Morgan fingerprint density at radius 3 is 2.25 bits per heavy atom. The third-order valence-electron chi connectivity index (χ3n) is 3.37. The van der Waals surface area contributed by atoms with Crippen molar-refractivity contribution in [1.29, 1.82) is 0 Å². The highest BCUT2D eigenvalue weighted by Crippen LogP contribution is 2.10. The van der Waals surface area contributed by atoms with E-state index in [1.165, 1.54) is 9.13 Å². The van der Waals surface area contributed by atoms with Gasteiger partial charge < -0.3 is 9.67 Å². The molecule has 2 heterocycles. The molecule has 2 aromatic heterocycles. The minimum Gasteiger partial charge on any atom is -0.388 e. The van der Waals surface area contributed by atoms with Crippen molar-refractivity contribution < 1.29 is 5.11 Å². The van der Waals surface area contributed by atoms with Gasteiger partial charge >= 0.3 is 5.69 Å². The average molecular weight is 280 g/mol. The number of imidazole rings is 1. The van der Waals surface area contributed by atoms with E-state index >= 15 is 0 Å². The number of fused-ring (bicyclic) bond motifs is 1. The Labute approximate surface area is 116 Å². The van der Waals surface area contributed by atoms with Crippen molar-refractivity contribution in [2.75, 3.05) is 0 Å². The number of aliphatic hydroxyl groups is 1. The number of hydrogen-bond donors (Lipinski definition) is 1. The van der Waals surface area contributed by atoms with Crippen molar-refractivity contribution >= 4 is 11.2 Å². The summed E-state index contributed by atoms with van der Waals surface area (Å²) in [4.78, 5) is 29.1. The van der Waals surface area contributed by atoms with E-state index in [1.54, 1.807) is 11.6 Å². The molecule has 0 aliphatic heterocycles. The van der Waals surface area contributed by atoms with Gasteiger partial charge in [0, 0.05) is 20.1 Å². The second-order valence-corrected chi connectivity index (χ2v) is 4.81. The van der Waals surface area contributed by atoms with Crippen molar-refractivity contribution in [1.82, 2.24) is 18.7 Å². The zero-order chi connectivity index (χ0) is 14.9. The van der Waals surface area contributed by atoms with Crippen LogP contribution in [-0.4, -0.2) is 23.8 Å². The fourth-order valence-electron chi connectivity index (χ4n) is 2.39. The highest BCUT2D eigenvalue weighted by atomic mass is 16.3. The molecule has 0 amide bonds. The molecule has 0 fully saturated rings. The second-order valence-electron chi connectivity index (χ2n) is 4.81. The highest BCUT2D eigenvalue weighted by Gasteiger charge is 2.18. The van der Waals surface area contributed by atoms with Gasteiger partial charge in [-0.2, -0.15) is 0 Å². The molecule has 0 spiro atoms. The number of rotatable bonds is 5. The summed E-state index contributed by atoms with van der Waals surface area (Å²) < 4.78 is 4.34. The van der Waals surface area contributed by atoms with Crippen LogP contribution in [-0.2, 0) is 26.7 Å². The van der Waals surface area contributed by atoms with Gasteiger partial charge in [-0.05, 0) is 12.8 Å². The second kappa shape index (κ2) is 5.62. The van der Waals surface area contributed by atoms with E-state index in [0.29, 0.717) is 36.5 Å². The lowest BCUT2D eigenvalue weighted by molar-refractivity contribution is 0.268. The molecular formula is C13H20N4O3. The van der Waals surface area contributed by atoms with Crippen molar-refractivity contribution in [2.45, 2.75) is 46.4 Å². The predicted molar refractivity (Wildman–Crippen MR) is 75.7 cm³/mol. The minimum absolute atomic E-state index is 0.265. The molecule has 0 atom stereocenters. The van der Waals surface area contributed by atoms with Gasteiger partial charge in [-0.3, -0.25) is 13.9 Å². The third kappa shape index (κ3) is 2.07. The first kappa shape index (κ1) is 14.5. The standard InChI is InChI=1S/C13H20N4O3/c1-4-6-16-11-10(15(3)9(8-18)14-11)12(19)17(7-5-2)13(16)20/h18H,4-8H2,1-3H3. The molecular weight excluding hydrogens is 260 g/mol. The summed E-state index contributed by atoms with van der Waals surface area (Å²) >= 11 is 0. The zero-order valence-electron chi connectivity index (χ0n) is 12.1. The van der Waals surface area contributed by atoms with Gasteiger partial charge in [-0.15, -0.1) is 0 Å². The summed E-state index contributed by atoms with van der Waals surface area (Å²) in [5, 5.41) is 9.29. The number of aryl methyl sites for hydroxylation is 2. The predicted octanol–water partition coefficient (Wildman–Crippen LogP) is 0.209.